The molecule has 0 fully saturated rings. The SMILES string of the molecule is CCCCCCCCCCCCCCCCCCCCCC(=O)NC(C)NC(=O)CCCCCCCCCCCCCCCCCCCCC. The van der Waals surface area contributed by atoms with Gasteiger partial charge < -0.3 is 10.6 Å². The molecule has 0 spiro atoms. The maximum atomic E-state index is 12.3. The largest absolute Gasteiger partial charge is 0.336 e. The molecule has 0 aliphatic carbocycles. The lowest BCUT2D eigenvalue weighted by Gasteiger charge is -2.16. The van der Waals surface area contributed by atoms with Crippen LogP contribution in [0.1, 0.15) is 278 Å². The van der Waals surface area contributed by atoms with Crippen LogP contribution in [0.25, 0.3) is 0 Å². The lowest BCUT2D eigenvalue weighted by Crippen LogP contribution is -2.45. The average Bonchev–Trinajstić information content (AvgIpc) is 3.10. The van der Waals surface area contributed by atoms with Gasteiger partial charge in [0.05, 0.1) is 6.17 Å². The van der Waals surface area contributed by atoms with Gasteiger partial charge in [0, 0.05) is 12.8 Å². The third kappa shape index (κ3) is 41.4. The maximum absolute atomic E-state index is 12.3. The molecule has 0 aromatic heterocycles. The van der Waals surface area contributed by atoms with Crippen molar-refractivity contribution in [3.05, 3.63) is 0 Å². The second kappa shape index (κ2) is 42.4. The number of rotatable bonds is 42. The highest BCUT2D eigenvalue weighted by atomic mass is 16.2. The van der Waals surface area contributed by atoms with Gasteiger partial charge in [-0.05, 0) is 19.8 Å². The summed E-state index contributed by atoms with van der Waals surface area (Å²) in [6.07, 6.45) is 52.6. The van der Waals surface area contributed by atoms with E-state index in [1.807, 2.05) is 6.92 Å². The van der Waals surface area contributed by atoms with E-state index < -0.39 is 0 Å². The number of unbranched alkanes of at least 4 members (excludes halogenated alkanes) is 36. The van der Waals surface area contributed by atoms with Crippen LogP contribution in [0.5, 0.6) is 0 Å². The van der Waals surface area contributed by atoms with Crippen LogP contribution in [0.15, 0.2) is 0 Å². The van der Waals surface area contributed by atoms with Crippen LogP contribution in [0.3, 0.4) is 0 Å². The molecule has 298 valence electrons. The van der Waals surface area contributed by atoms with Crippen molar-refractivity contribution in [2.45, 2.75) is 284 Å². The molecule has 2 N–H and O–H groups in total. The van der Waals surface area contributed by atoms with Crippen LogP contribution < -0.4 is 10.6 Å². The number of hydrogen-bond donors (Lipinski definition) is 2. The fourth-order valence-electron chi connectivity index (χ4n) is 7.39. The molecule has 0 saturated carbocycles. The van der Waals surface area contributed by atoms with E-state index in [-0.39, 0.29) is 18.0 Å². The van der Waals surface area contributed by atoms with E-state index in [1.54, 1.807) is 0 Å². The van der Waals surface area contributed by atoms with Gasteiger partial charge in [-0.3, -0.25) is 9.59 Å². The number of nitrogens with one attached hydrogen (secondary N) is 2. The van der Waals surface area contributed by atoms with E-state index in [0.717, 1.165) is 25.7 Å². The predicted octanol–water partition coefficient (Wildman–Crippen LogP) is 15.2. The highest BCUT2D eigenvalue weighted by molar-refractivity contribution is 5.79. The second-order valence-corrected chi connectivity index (χ2v) is 16.1. The van der Waals surface area contributed by atoms with Crippen molar-refractivity contribution in [2.24, 2.45) is 0 Å². The Bertz CT molecular complexity index is 625. The van der Waals surface area contributed by atoms with Crippen molar-refractivity contribution in [3.8, 4) is 0 Å². The Morgan fingerprint density at radius 3 is 0.640 bits per heavy atom. The molecule has 50 heavy (non-hydrogen) atoms. The normalized spacial score (nSPS) is 11.4. The van der Waals surface area contributed by atoms with E-state index in [1.165, 1.54) is 218 Å². The van der Waals surface area contributed by atoms with Crippen molar-refractivity contribution in [3.63, 3.8) is 0 Å². The quantitative estimate of drug-likeness (QED) is 0.0491. The Kier molecular flexibility index (Phi) is 41.5. The summed E-state index contributed by atoms with van der Waals surface area (Å²) < 4.78 is 0. The second-order valence-electron chi connectivity index (χ2n) is 16.1. The van der Waals surface area contributed by atoms with Gasteiger partial charge in [0.25, 0.3) is 0 Å². The summed E-state index contributed by atoms with van der Waals surface area (Å²) in [6.45, 7) is 6.46. The monoisotopic (exact) mass is 705 g/mol. The first-order valence-corrected chi connectivity index (χ1v) is 23.2. The Morgan fingerprint density at radius 1 is 0.300 bits per heavy atom. The summed E-state index contributed by atoms with van der Waals surface area (Å²) in [6, 6.07) is 0. The fourth-order valence-corrected chi connectivity index (χ4v) is 7.39. The van der Waals surface area contributed by atoms with Gasteiger partial charge >= 0.3 is 0 Å². The lowest BCUT2D eigenvalue weighted by atomic mass is 10.0. The van der Waals surface area contributed by atoms with Crippen molar-refractivity contribution >= 4 is 11.8 Å². The van der Waals surface area contributed by atoms with E-state index >= 15 is 0 Å². The van der Waals surface area contributed by atoms with Gasteiger partial charge in [-0.1, -0.05) is 245 Å². The van der Waals surface area contributed by atoms with E-state index in [9.17, 15) is 9.59 Å². The van der Waals surface area contributed by atoms with Crippen LogP contribution in [-0.2, 0) is 9.59 Å². The summed E-state index contributed by atoms with van der Waals surface area (Å²) in [5, 5.41) is 5.92. The summed E-state index contributed by atoms with van der Waals surface area (Å²) in [7, 11) is 0. The Hall–Kier alpha value is -1.06. The highest BCUT2D eigenvalue weighted by Crippen LogP contribution is 2.16. The van der Waals surface area contributed by atoms with Crippen LogP contribution in [0.2, 0.25) is 0 Å². The van der Waals surface area contributed by atoms with Gasteiger partial charge in [-0.2, -0.15) is 0 Å². The zero-order chi connectivity index (χ0) is 36.4. The molecule has 0 unspecified atom stereocenters. The van der Waals surface area contributed by atoms with Gasteiger partial charge in [0.2, 0.25) is 11.8 Å². The summed E-state index contributed by atoms with van der Waals surface area (Å²) in [5.74, 6) is 0.126. The van der Waals surface area contributed by atoms with E-state index in [2.05, 4.69) is 24.5 Å². The number of amides is 2. The maximum Gasteiger partial charge on any atom is 0.221 e. The molecular weight excluding hydrogens is 613 g/mol. The fraction of sp³-hybridized carbons (Fsp3) is 0.957. The van der Waals surface area contributed by atoms with Crippen molar-refractivity contribution < 1.29 is 9.59 Å². The predicted molar refractivity (Wildman–Crippen MR) is 222 cm³/mol. The standard InChI is InChI=1S/C46H92N2O2/c1-4-6-8-10-12-14-16-18-20-22-24-26-28-30-32-34-36-38-40-42-45(49)47-44(3)48-46(50)43-41-39-37-35-33-31-29-27-25-23-21-19-17-15-13-11-9-7-5-2/h44H,4-43H2,1-3H3,(H,47,49)(H,48,50). The van der Waals surface area contributed by atoms with Crippen molar-refractivity contribution in [2.75, 3.05) is 0 Å². The third-order valence-corrected chi connectivity index (χ3v) is 10.8. The molecular formula is C46H92N2O2. The van der Waals surface area contributed by atoms with Crippen LogP contribution in [-0.4, -0.2) is 18.0 Å². The van der Waals surface area contributed by atoms with E-state index in [4.69, 9.17) is 0 Å². The molecule has 0 saturated heterocycles. The molecule has 0 rings (SSSR count). The molecule has 2 amide bonds. The van der Waals surface area contributed by atoms with Gasteiger partial charge in [0.1, 0.15) is 0 Å². The minimum Gasteiger partial charge on any atom is -0.336 e. The first kappa shape index (κ1) is 48.9. The highest BCUT2D eigenvalue weighted by Gasteiger charge is 2.10. The molecule has 0 atom stereocenters. The summed E-state index contributed by atoms with van der Waals surface area (Å²) in [4.78, 5) is 24.6. The Labute approximate surface area is 315 Å². The molecule has 0 heterocycles. The summed E-state index contributed by atoms with van der Waals surface area (Å²) in [5.41, 5.74) is 0. The van der Waals surface area contributed by atoms with Gasteiger partial charge in [-0.15, -0.1) is 0 Å². The number of carbonyl (C=O) groups is 2. The zero-order valence-corrected chi connectivity index (χ0v) is 34.7. The molecule has 0 bridgehead atoms. The molecule has 0 aromatic rings. The first-order chi connectivity index (χ1) is 24.6. The molecule has 0 aliphatic rings. The minimum atomic E-state index is -0.282. The third-order valence-electron chi connectivity index (χ3n) is 10.8. The van der Waals surface area contributed by atoms with Crippen LogP contribution in [0, 0.1) is 0 Å². The van der Waals surface area contributed by atoms with Gasteiger partial charge in [0.15, 0.2) is 0 Å². The molecule has 0 aliphatic heterocycles. The zero-order valence-electron chi connectivity index (χ0n) is 34.7. The van der Waals surface area contributed by atoms with Crippen molar-refractivity contribution in [1.29, 1.82) is 0 Å². The average molecular weight is 705 g/mol. The van der Waals surface area contributed by atoms with Crippen LogP contribution in [0.4, 0.5) is 0 Å². The van der Waals surface area contributed by atoms with E-state index in [0.29, 0.717) is 12.8 Å². The number of carbonyl (C=O) groups excluding carboxylic acids is 2. The van der Waals surface area contributed by atoms with Crippen molar-refractivity contribution in [1.82, 2.24) is 10.6 Å². The Morgan fingerprint density at radius 2 is 0.460 bits per heavy atom. The number of hydrogen-bond acceptors (Lipinski definition) is 2. The first-order valence-electron chi connectivity index (χ1n) is 23.2. The molecule has 0 aromatic carbocycles. The molecule has 4 nitrogen and oxygen atoms in total. The molecule has 4 heteroatoms. The smallest absolute Gasteiger partial charge is 0.221 e. The Balaban J connectivity index is 3.35. The topological polar surface area (TPSA) is 58.2 Å². The lowest BCUT2D eigenvalue weighted by molar-refractivity contribution is -0.124. The minimum absolute atomic E-state index is 0.0632. The molecule has 0 radical (unpaired) electrons. The van der Waals surface area contributed by atoms with Crippen LogP contribution >= 0.6 is 0 Å². The summed E-state index contributed by atoms with van der Waals surface area (Å²) >= 11 is 0. The van der Waals surface area contributed by atoms with Gasteiger partial charge in [-0.25, -0.2) is 0 Å².